The molecule has 0 bridgehead atoms. The molecule has 1 aliphatic heterocycles. The molecular formula is C41H51N5O10. The third-order valence-electron chi connectivity index (χ3n) is 8.61. The van der Waals surface area contributed by atoms with Gasteiger partial charge in [-0.3, -0.25) is 28.8 Å². The topological polar surface area (TPSA) is 191 Å². The highest BCUT2D eigenvalue weighted by atomic mass is 16.6. The van der Waals surface area contributed by atoms with E-state index in [0.29, 0.717) is 56.1 Å². The lowest BCUT2D eigenvalue weighted by atomic mass is 10.1. The number of amides is 4. The van der Waals surface area contributed by atoms with E-state index in [1.807, 2.05) is 31.2 Å². The van der Waals surface area contributed by atoms with Gasteiger partial charge in [0, 0.05) is 31.0 Å². The van der Waals surface area contributed by atoms with E-state index in [1.54, 1.807) is 46.0 Å². The van der Waals surface area contributed by atoms with E-state index in [9.17, 15) is 24.0 Å². The highest BCUT2D eigenvalue weighted by molar-refractivity contribution is 6.00. The van der Waals surface area contributed by atoms with E-state index in [-0.39, 0.29) is 44.1 Å². The maximum Gasteiger partial charge on any atom is 0.407 e. The molecule has 1 aliphatic rings. The van der Waals surface area contributed by atoms with Gasteiger partial charge in [0.2, 0.25) is 17.7 Å². The summed E-state index contributed by atoms with van der Waals surface area (Å²) in [6, 6.07) is 11.7. The van der Waals surface area contributed by atoms with Crippen molar-refractivity contribution in [1.29, 1.82) is 0 Å². The van der Waals surface area contributed by atoms with Crippen molar-refractivity contribution in [2.45, 2.75) is 83.8 Å². The minimum atomic E-state index is -0.738. The molecule has 0 saturated carbocycles. The van der Waals surface area contributed by atoms with Crippen LogP contribution >= 0.6 is 0 Å². The summed E-state index contributed by atoms with van der Waals surface area (Å²) in [5.74, 6) is 10.8. The number of ether oxygens (including phenoxy) is 5. The van der Waals surface area contributed by atoms with Gasteiger partial charge in [-0.05, 0) is 76.4 Å². The summed E-state index contributed by atoms with van der Waals surface area (Å²) in [5, 5.41) is 5.10. The first-order valence-electron chi connectivity index (χ1n) is 18.5. The number of fused-ring (bicyclic) bond motifs is 1. The summed E-state index contributed by atoms with van der Waals surface area (Å²) in [6.45, 7) is 9.39. The van der Waals surface area contributed by atoms with E-state index in [4.69, 9.17) is 29.4 Å². The molecule has 3 aromatic rings. The average Bonchev–Trinajstić information content (AvgIpc) is 3.38. The third-order valence-corrected chi connectivity index (χ3v) is 8.61. The van der Waals surface area contributed by atoms with Crippen molar-refractivity contribution in [3.8, 4) is 23.7 Å². The highest BCUT2D eigenvalue weighted by Gasteiger charge is 2.31. The number of imidazole rings is 1. The fourth-order valence-electron chi connectivity index (χ4n) is 5.74. The molecule has 0 radical (unpaired) electrons. The molecule has 1 unspecified atom stereocenters. The number of aromatic nitrogens is 2. The van der Waals surface area contributed by atoms with Crippen molar-refractivity contribution in [3.63, 3.8) is 0 Å². The molecule has 3 atom stereocenters. The van der Waals surface area contributed by atoms with Crippen molar-refractivity contribution in [2.75, 3.05) is 39.6 Å². The van der Waals surface area contributed by atoms with Gasteiger partial charge < -0.3 is 34.7 Å². The maximum atomic E-state index is 12.9. The molecule has 2 aromatic carbocycles. The smallest absolute Gasteiger partial charge is 0.407 e. The Labute approximate surface area is 326 Å². The zero-order chi connectivity index (χ0) is 40.7. The van der Waals surface area contributed by atoms with Crippen LogP contribution in [0.1, 0.15) is 76.1 Å². The summed E-state index contributed by atoms with van der Waals surface area (Å²) < 4.78 is 30.9. The molecule has 2 heterocycles. The minimum absolute atomic E-state index is 0.104. The first kappa shape index (κ1) is 43.3. The standard InChI is InChI=1S/C41H51N5O10/c1-28(32(15-18-36(42)47)43-39(50)56-41(2,3)4)55-27-31-12-10-29(11-13-31)8-6-20-52-22-24-54-25-23-53-21-7-9-30-14-16-33-35(26-30)45(5)40(51)46(33)34-17-19-37(48)44-38(34)49/h10-14,16,26,28,32,34H,15,17-25,27H2,1-5H3,(H2,42,47)(H,43,50)(H,44,48,49)/t28-,32+,34?/m1/s1. The Balaban J connectivity index is 1.09. The lowest BCUT2D eigenvalue weighted by Crippen LogP contribution is -2.45. The molecule has 4 rings (SSSR count). The number of hydrogen-bond acceptors (Lipinski definition) is 10. The van der Waals surface area contributed by atoms with Crippen molar-refractivity contribution in [2.24, 2.45) is 12.8 Å². The fraction of sp³-hybridized carbons (Fsp3) is 0.488. The number of alkyl carbamates (subject to hydrolysis) is 1. The molecular weight excluding hydrogens is 722 g/mol. The van der Waals surface area contributed by atoms with Gasteiger partial charge in [0.05, 0.1) is 56.2 Å². The van der Waals surface area contributed by atoms with Gasteiger partial charge >= 0.3 is 11.8 Å². The van der Waals surface area contributed by atoms with Crippen molar-refractivity contribution < 1.29 is 42.9 Å². The van der Waals surface area contributed by atoms with Gasteiger partial charge in [-0.25, -0.2) is 9.59 Å². The van der Waals surface area contributed by atoms with Crippen LogP contribution in [-0.4, -0.2) is 90.3 Å². The van der Waals surface area contributed by atoms with Crippen LogP contribution in [0.5, 0.6) is 0 Å². The molecule has 300 valence electrons. The Morgan fingerprint density at radius 3 is 2.18 bits per heavy atom. The number of carbonyl (C=O) groups is 4. The number of aryl methyl sites for hydroxylation is 1. The largest absolute Gasteiger partial charge is 0.444 e. The second-order valence-corrected chi connectivity index (χ2v) is 14.2. The second kappa shape index (κ2) is 21.0. The number of hydrogen-bond donors (Lipinski definition) is 3. The predicted octanol–water partition coefficient (Wildman–Crippen LogP) is 2.83. The monoisotopic (exact) mass is 773 g/mol. The Kier molecular flexibility index (Phi) is 16.2. The van der Waals surface area contributed by atoms with Crippen LogP contribution in [0, 0.1) is 23.7 Å². The normalized spacial score (nSPS) is 15.2. The summed E-state index contributed by atoms with van der Waals surface area (Å²) in [6.07, 6.45) is -0.104. The molecule has 15 nitrogen and oxygen atoms in total. The summed E-state index contributed by atoms with van der Waals surface area (Å²) in [5.41, 5.74) is 8.01. The van der Waals surface area contributed by atoms with Crippen LogP contribution in [0.4, 0.5) is 4.79 Å². The molecule has 15 heteroatoms. The van der Waals surface area contributed by atoms with Gasteiger partial charge in [-0.15, -0.1) is 0 Å². The van der Waals surface area contributed by atoms with Crippen molar-refractivity contribution in [3.05, 3.63) is 69.6 Å². The third kappa shape index (κ3) is 13.7. The van der Waals surface area contributed by atoms with Crippen LogP contribution < -0.4 is 22.1 Å². The Hall–Kier alpha value is -5.45. The van der Waals surface area contributed by atoms with E-state index in [0.717, 1.165) is 11.1 Å². The molecule has 1 fully saturated rings. The van der Waals surface area contributed by atoms with Crippen LogP contribution in [0.15, 0.2) is 47.3 Å². The Morgan fingerprint density at radius 2 is 1.55 bits per heavy atom. The fourth-order valence-corrected chi connectivity index (χ4v) is 5.74. The molecule has 1 aromatic heterocycles. The Bertz CT molecular complexity index is 2020. The van der Waals surface area contributed by atoms with E-state index in [2.05, 4.69) is 34.3 Å². The van der Waals surface area contributed by atoms with Crippen molar-refractivity contribution in [1.82, 2.24) is 19.8 Å². The predicted molar refractivity (Wildman–Crippen MR) is 207 cm³/mol. The zero-order valence-electron chi connectivity index (χ0n) is 32.6. The summed E-state index contributed by atoms with van der Waals surface area (Å²) in [4.78, 5) is 60.5. The van der Waals surface area contributed by atoms with E-state index >= 15 is 0 Å². The first-order chi connectivity index (χ1) is 26.7. The highest BCUT2D eigenvalue weighted by Crippen LogP contribution is 2.23. The van der Waals surface area contributed by atoms with Crippen LogP contribution in [0.25, 0.3) is 11.0 Å². The van der Waals surface area contributed by atoms with Gasteiger partial charge in [0.25, 0.3) is 0 Å². The van der Waals surface area contributed by atoms with E-state index in [1.165, 1.54) is 9.13 Å². The zero-order valence-corrected chi connectivity index (χ0v) is 32.6. The quantitative estimate of drug-likeness (QED) is 0.104. The van der Waals surface area contributed by atoms with Gasteiger partial charge in [-0.2, -0.15) is 0 Å². The SMILES string of the molecule is C[C@@H](OCc1ccc(C#CCOCCOCCOCC#Cc2ccc3c(c2)n(C)c(=O)n3C2CCC(=O)NC2=O)cc1)[C@H](CCC(N)=O)NC(=O)OC(C)(C)C. The summed E-state index contributed by atoms with van der Waals surface area (Å²) in [7, 11) is 1.64. The maximum absolute atomic E-state index is 12.9. The number of piperidine rings is 1. The number of rotatable bonds is 17. The van der Waals surface area contributed by atoms with Crippen LogP contribution in [-0.2, 0) is 51.7 Å². The average molecular weight is 774 g/mol. The van der Waals surface area contributed by atoms with Crippen LogP contribution in [0.2, 0.25) is 0 Å². The number of imide groups is 1. The minimum Gasteiger partial charge on any atom is -0.444 e. The molecule has 56 heavy (non-hydrogen) atoms. The molecule has 0 spiro atoms. The summed E-state index contributed by atoms with van der Waals surface area (Å²) >= 11 is 0. The molecule has 4 amide bonds. The van der Waals surface area contributed by atoms with Gasteiger partial charge in [0.1, 0.15) is 24.9 Å². The number of nitrogens with two attached hydrogens (primary N) is 1. The molecule has 1 saturated heterocycles. The van der Waals surface area contributed by atoms with Crippen molar-refractivity contribution >= 4 is 34.8 Å². The van der Waals surface area contributed by atoms with Gasteiger partial charge in [0.15, 0.2) is 0 Å². The number of nitrogens with one attached hydrogen (secondary N) is 2. The van der Waals surface area contributed by atoms with Crippen LogP contribution in [0.3, 0.4) is 0 Å². The first-order valence-corrected chi connectivity index (χ1v) is 18.5. The van der Waals surface area contributed by atoms with E-state index < -0.39 is 41.7 Å². The lowest BCUT2D eigenvalue weighted by molar-refractivity contribution is -0.135. The van der Waals surface area contributed by atoms with Gasteiger partial charge in [-0.1, -0.05) is 35.8 Å². The lowest BCUT2D eigenvalue weighted by Gasteiger charge is -2.27. The number of primary amides is 1. The second-order valence-electron chi connectivity index (χ2n) is 14.2. The molecule has 4 N–H and O–H groups in total. The number of benzene rings is 2. The number of carbonyl (C=O) groups excluding carboxylic acids is 4. The molecule has 0 aliphatic carbocycles. The number of nitrogens with zero attached hydrogens (tertiary/aromatic N) is 2. The Morgan fingerprint density at radius 1 is 0.929 bits per heavy atom.